The maximum Gasteiger partial charge on any atom is 0.417 e. The summed E-state index contributed by atoms with van der Waals surface area (Å²) in [5, 5.41) is -0.310. The topological polar surface area (TPSA) is 103 Å². The van der Waals surface area contributed by atoms with Crippen LogP contribution in [-0.4, -0.2) is 20.9 Å². The summed E-state index contributed by atoms with van der Waals surface area (Å²) in [6, 6.07) is 10.3. The fraction of sp³-hybridized carbons (Fsp3) is 0.360. The molecule has 7 nitrogen and oxygen atoms in total. The van der Waals surface area contributed by atoms with Crippen molar-refractivity contribution in [3.8, 4) is 5.75 Å². The monoisotopic (exact) mass is 523 g/mol. The zero-order valence-electron chi connectivity index (χ0n) is 19.3. The molecule has 0 bridgehead atoms. The largest absolute Gasteiger partial charge is 0.426 e. The molecule has 1 aromatic heterocycles. The number of rotatable bonds is 6. The summed E-state index contributed by atoms with van der Waals surface area (Å²) in [4.78, 5) is 24.4. The summed E-state index contributed by atoms with van der Waals surface area (Å²) in [5.74, 6) is -0.936. The molecule has 0 atom stereocenters. The average Bonchev–Trinajstić information content (AvgIpc) is 2.82. The molecule has 4 rings (SSSR count). The lowest BCUT2D eigenvalue weighted by Crippen LogP contribution is -2.33. The summed E-state index contributed by atoms with van der Waals surface area (Å²) in [6.07, 6.45) is -2.55. The van der Waals surface area contributed by atoms with E-state index in [9.17, 15) is 31.2 Å². The molecule has 1 saturated carbocycles. The van der Waals surface area contributed by atoms with Gasteiger partial charge in [0.05, 0.1) is 16.4 Å². The Balaban J connectivity index is 1.34. The van der Waals surface area contributed by atoms with Crippen molar-refractivity contribution in [2.24, 2.45) is 11.8 Å². The third-order valence-electron chi connectivity index (χ3n) is 6.31. The number of carbonyl (C=O) groups is 1. The van der Waals surface area contributed by atoms with Gasteiger partial charge in [0.1, 0.15) is 11.3 Å². The molecule has 2 aromatic carbocycles. The van der Waals surface area contributed by atoms with Gasteiger partial charge in [-0.15, -0.1) is 0 Å². The molecule has 36 heavy (non-hydrogen) atoms. The molecular formula is C25H24F3NO6S. The van der Waals surface area contributed by atoms with E-state index in [2.05, 4.69) is 4.72 Å². The highest BCUT2D eigenvalue weighted by Gasteiger charge is 2.34. The lowest BCUT2D eigenvalue weighted by atomic mass is 9.82. The Morgan fingerprint density at radius 3 is 2.36 bits per heavy atom. The molecule has 0 unspecified atom stereocenters. The first kappa shape index (κ1) is 25.9. The molecule has 0 saturated heterocycles. The van der Waals surface area contributed by atoms with E-state index in [0.29, 0.717) is 31.7 Å². The standard InChI is InChI=1S/C25H24F3NO6S/c1-15-2-9-19(10-3-15)36(32,33)29-14-16-4-6-17(7-5-16)24(31)34-18-8-11-20-21(25(26,27)28)13-23(30)35-22(20)12-18/h2-3,8-13,16-17,29H,4-7,14H2,1H3. The van der Waals surface area contributed by atoms with Crippen LogP contribution in [0.15, 0.2) is 62.6 Å². The number of alkyl halides is 3. The van der Waals surface area contributed by atoms with Crippen LogP contribution in [0.5, 0.6) is 5.75 Å². The molecule has 0 amide bonds. The Kier molecular flexibility index (Phi) is 7.24. The predicted octanol–water partition coefficient (Wildman–Crippen LogP) is 4.81. The number of hydrogen-bond acceptors (Lipinski definition) is 6. The van der Waals surface area contributed by atoms with Crippen LogP contribution in [0.2, 0.25) is 0 Å². The van der Waals surface area contributed by atoms with Crippen molar-refractivity contribution in [2.45, 2.75) is 43.7 Å². The SMILES string of the molecule is Cc1ccc(S(=O)(=O)NCC2CCC(C(=O)Oc3ccc4c(C(F)(F)F)cc(=O)oc4c3)CC2)cc1. The Bertz CT molecular complexity index is 1420. The van der Waals surface area contributed by atoms with E-state index in [1.165, 1.54) is 6.07 Å². The molecule has 0 aliphatic heterocycles. The first-order valence-electron chi connectivity index (χ1n) is 11.4. The molecule has 1 aliphatic carbocycles. The average molecular weight is 524 g/mol. The second kappa shape index (κ2) is 10.1. The molecule has 192 valence electrons. The summed E-state index contributed by atoms with van der Waals surface area (Å²) in [7, 11) is -3.62. The predicted molar refractivity (Wildman–Crippen MR) is 125 cm³/mol. The van der Waals surface area contributed by atoms with Crippen LogP contribution in [0.1, 0.15) is 36.8 Å². The molecule has 1 heterocycles. The van der Waals surface area contributed by atoms with E-state index >= 15 is 0 Å². The first-order chi connectivity index (χ1) is 16.9. The quantitative estimate of drug-likeness (QED) is 0.283. The van der Waals surface area contributed by atoms with Gasteiger partial charge in [-0.2, -0.15) is 13.2 Å². The van der Waals surface area contributed by atoms with E-state index in [4.69, 9.17) is 9.15 Å². The van der Waals surface area contributed by atoms with Gasteiger partial charge in [0.15, 0.2) is 0 Å². The summed E-state index contributed by atoms with van der Waals surface area (Å²) < 4.78 is 77.4. The fourth-order valence-electron chi connectivity index (χ4n) is 4.27. The Hall–Kier alpha value is -3.18. The number of esters is 1. The molecule has 1 fully saturated rings. The van der Waals surface area contributed by atoms with Crippen molar-refractivity contribution in [1.29, 1.82) is 0 Å². The van der Waals surface area contributed by atoms with Crippen LogP contribution in [-0.2, 0) is 21.0 Å². The Labute approximate surface area is 205 Å². The van der Waals surface area contributed by atoms with Crippen molar-refractivity contribution < 1.29 is 35.5 Å². The van der Waals surface area contributed by atoms with Gasteiger partial charge in [-0.3, -0.25) is 4.79 Å². The van der Waals surface area contributed by atoms with Gasteiger partial charge in [0.2, 0.25) is 10.0 Å². The van der Waals surface area contributed by atoms with Crippen LogP contribution in [0.25, 0.3) is 11.0 Å². The van der Waals surface area contributed by atoms with E-state index in [-0.39, 0.29) is 34.1 Å². The zero-order valence-corrected chi connectivity index (χ0v) is 20.1. The van der Waals surface area contributed by atoms with Crippen molar-refractivity contribution >= 4 is 27.0 Å². The minimum atomic E-state index is -4.74. The maximum atomic E-state index is 13.2. The second-order valence-electron chi connectivity index (χ2n) is 8.94. The van der Waals surface area contributed by atoms with Crippen LogP contribution in [0.4, 0.5) is 13.2 Å². The van der Waals surface area contributed by atoms with E-state index < -0.39 is 39.3 Å². The van der Waals surface area contributed by atoms with Crippen molar-refractivity contribution in [3.05, 3.63) is 70.1 Å². The molecule has 3 aromatic rings. The highest BCUT2D eigenvalue weighted by molar-refractivity contribution is 7.89. The Morgan fingerprint density at radius 1 is 1.06 bits per heavy atom. The fourth-order valence-corrected chi connectivity index (χ4v) is 5.39. The number of sulfonamides is 1. The summed E-state index contributed by atoms with van der Waals surface area (Å²) in [5.41, 5.74) is -1.65. The van der Waals surface area contributed by atoms with Gasteiger partial charge >= 0.3 is 17.8 Å². The highest BCUT2D eigenvalue weighted by atomic mass is 32.2. The van der Waals surface area contributed by atoms with Gasteiger partial charge in [-0.1, -0.05) is 17.7 Å². The van der Waals surface area contributed by atoms with Gasteiger partial charge in [-0.05, 0) is 62.8 Å². The second-order valence-corrected chi connectivity index (χ2v) is 10.7. The third kappa shape index (κ3) is 5.96. The third-order valence-corrected chi connectivity index (χ3v) is 7.75. The first-order valence-corrected chi connectivity index (χ1v) is 12.8. The number of aryl methyl sites for hydroxylation is 1. The van der Waals surface area contributed by atoms with E-state index in [1.807, 2.05) is 6.92 Å². The molecule has 11 heteroatoms. The minimum absolute atomic E-state index is 0.0250. The number of carbonyl (C=O) groups excluding carboxylic acids is 1. The minimum Gasteiger partial charge on any atom is -0.426 e. The number of nitrogens with one attached hydrogen (secondary N) is 1. The molecular weight excluding hydrogens is 499 g/mol. The summed E-state index contributed by atoms with van der Waals surface area (Å²) in [6.45, 7) is 2.12. The van der Waals surface area contributed by atoms with Gasteiger partial charge < -0.3 is 9.15 Å². The smallest absolute Gasteiger partial charge is 0.417 e. The molecule has 1 N–H and O–H groups in total. The van der Waals surface area contributed by atoms with Crippen LogP contribution in [0.3, 0.4) is 0 Å². The number of benzene rings is 2. The Morgan fingerprint density at radius 2 is 1.72 bits per heavy atom. The number of halogens is 3. The van der Waals surface area contributed by atoms with Gasteiger partial charge in [0.25, 0.3) is 0 Å². The van der Waals surface area contributed by atoms with Crippen LogP contribution in [0, 0.1) is 18.8 Å². The highest BCUT2D eigenvalue weighted by Crippen LogP contribution is 2.35. The van der Waals surface area contributed by atoms with Crippen LogP contribution >= 0.6 is 0 Å². The van der Waals surface area contributed by atoms with Crippen LogP contribution < -0.4 is 15.1 Å². The molecule has 1 aliphatic rings. The zero-order chi connectivity index (χ0) is 26.1. The normalized spacial score (nSPS) is 18.8. The van der Waals surface area contributed by atoms with Gasteiger partial charge in [0, 0.05) is 24.1 Å². The number of fused-ring (bicyclic) bond motifs is 1. The number of ether oxygens (including phenoxy) is 1. The maximum absolute atomic E-state index is 13.2. The van der Waals surface area contributed by atoms with E-state index in [1.54, 1.807) is 24.3 Å². The molecule has 0 spiro atoms. The van der Waals surface area contributed by atoms with E-state index in [0.717, 1.165) is 17.7 Å². The lowest BCUT2D eigenvalue weighted by Gasteiger charge is -2.27. The van der Waals surface area contributed by atoms with Gasteiger partial charge in [-0.25, -0.2) is 17.9 Å². The molecule has 0 radical (unpaired) electrons. The lowest BCUT2D eigenvalue weighted by molar-refractivity contribution is -0.140. The van der Waals surface area contributed by atoms with Crippen molar-refractivity contribution in [1.82, 2.24) is 4.72 Å². The van der Waals surface area contributed by atoms with Crippen molar-refractivity contribution in [3.63, 3.8) is 0 Å². The summed E-state index contributed by atoms with van der Waals surface area (Å²) >= 11 is 0. The number of hydrogen-bond donors (Lipinski definition) is 1. The van der Waals surface area contributed by atoms with Crippen molar-refractivity contribution in [2.75, 3.05) is 6.54 Å².